The van der Waals surface area contributed by atoms with Crippen LogP contribution in [0.1, 0.15) is 73.1 Å². The molecule has 1 saturated carbocycles. The molecule has 2 rings (SSSR count). The molecule has 0 aromatic heterocycles. The third kappa shape index (κ3) is 4.01. The Morgan fingerprint density at radius 3 is 2.33 bits per heavy atom. The Hall–Kier alpha value is -0.0800. The number of nitrogens with two attached hydrogens (primary N) is 1. The van der Waals surface area contributed by atoms with Gasteiger partial charge in [0.05, 0.1) is 0 Å². The van der Waals surface area contributed by atoms with Gasteiger partial charge in [-0.05, 0) is 67.7 Å². The monoisotopic (exact) mass is 294 g/mol. The molecule has 0 bridgehead atoms. The van der Waals surface area contributed by atoms with Crippen LogP contribution < -0.4 is 5.73 Å². The minimum absolute atomic E-state index is 0.432. The Balaban J connectivity index is 1.92. The topological polar surface area (TPSA) is 29.3 Å². The first-order valence-electron chi connectivity index (χ1n) is 9.27. The molecule has 2 N–H and O–H groups in total. The van der Waals surface area contributed by atoms with E-state index in [9.17, 15) is 0 Å². The second-order valence-electron chi connectivity index (χ2n) is 8.99. The van der Waals surface area contributed by atoms with Gasteiger partial charge in [-0.15, -0.1) is 0 Å². The van der Waals surface area contributed by atoms with Crippen molar-refractivity contribution in [2.24, 2.45) is 28.4 Å². The Morgan fingerprint density at radius 1 is 1.14 bits per heavy atom. The molecule has 0 amide bonds. The van der Waals surface area contributed by atoms with Crippen molar-refractivity contribution in [1.29, 1.82) is 0 Å². The van der Waals surface area contributed by atoms with E-state index in [2.05, 4.69) is 39.5 Å². The maximum absolute atomic E-state index is 6.47. The summed E-state index contributed by atoms with van der Waals surface area (Å²) in [5, 5.41) is 0. The van der Waals surface area contributed by atoms with E-state index in [1.807, 2.05) is 0 Å². The lowest BCUT2D eigenvalue weighted by Crippen LogP contribution is -2.45. The van der Waals surface area contributed by atoms with E-state index in [4.69, 9.17) is 5.73 Å². The van der Waals surface area contributed by atoms with Crippen molar-refractivity contribution < 1.29 is 0 Å². The van der Waals surface area contributed by atoms with E-state index in [0.29, 0.717) is 22.8 Å². The summed E-state index contributed by atoms with van der Waals surface area (Å²) in [6.45, 7) is 15.8. The molecule has 0 aromatic carbocycles. The van der Waals surface area contributed by atoms with Gasteiger partial charge in [-0.3, -0.25) is 0 Å². The Kier molecular flexibility index (Phi) is 5.41. The van der Waals surface area contributed by atoms with Gasteiger partial charge in [0.25, 0.3) is 0 Å². The minimum atomic E-state index is 0.432. The smallest absolute Gasteiger partial charge is 0.00795 e. The van der Waals surface area contributed by atoms with Gasteiger partial charge in [-0.25, -0.2) is 0 Å². The number of nitrogens with zero attached hydrogens (tertiary/aromatic N) is 1. The summed E-state index contributed by atoms with van der Waals surface area (Å²) in [5.41, 5.74) is 7.51. The van der Waals surface area contributed by atoms with Crippen LogP contribution >= 0.6 is 0 Å². The van der Waals surface area contributed by atoms with E-state index in [1.54, 1.807) is 0 Å². The Labute approximate surface area is 132 Å². The van der Waals surface area contributed by atoms with Crippen LogP contribution in [0.5, 0.6) is 0 Å². The predicted octanol–water partition coefficient (Wildman–Crippen LogP) is 4.29. The zero-order valence-corrected chi connectivity index (χ0v) is 15.1. The summed E-state index contributed by atoms with van der Waals surface area (Å²) in [6, 6.07) is 0.432. The van der Waals surface area contributed by atoms with Crippen molar-refractivity contribution >= 4 is 0 Å². The largest absolute Gasteiger partial charge is 0.327 e. The first-order chi connectivity index (χ1) is 9.79. The third-order valence-electron chi connectivity index (χ3n) is 6.78. The zero-order chi connectivity index (χ0) is 15.7. The molecule has 2 nitrogen and oxygen atoms in total. The number of hydrogen-bond donors (Lipinski definition) is 1. The van der Waals surface area contributed by atoms with Crippen molar-refractivity contribution in [1.82, 2.24) is 4.90 Å². The highest BCUT2D eigenvalue weighted by Gasteiger charge is 2.39. The highest BCUT2D eigenvalue weighted by molar-refractivity contribution is 4.93. The van der Waals surface area contributed by atoms with Crippen LogP contribution in [0.15, 0.2) is 0 Å². The van der Waals surface area contributed by atoms with E-state index in [1.165, 1.54) is 58.2 Å². The molecule has 21 heavy (non-hydrogen) atoms. The summed E-state index contributed by atoms with van der Waals surface area (Å²) in [4.78, 5) is 2.72. The summed E-state index contributed by atoms with van der Waals surface area (Å²) >= 11 is 0. The molecular weight excluding hydrogens is 256 g/mol. The first-order valence-corrected chi connectivity index (χ1v) is 9.27. The lowest BCUT2D eigenvalue weighted by molar-refractivity contribution is 0.101. The first kappa shape index (κ1) is 17.3. The highest BCUT2D eigenvalue weighted by atomic mass is 15.2. The van der Waals surface area contributed by atoms with Gasteiger partial charge < -0.3 is 10.6 Å². The molecule has 2 heteroatoms. The Bertz CT molecular complexity index is 327. The number of likely N-dealkylation sites (tertiary alicyclic amines) is 1. The molecule has 2 aliphatic rings. The van der Waals surface area contributed by atoms with Gasteiger partial charge in [-0.1, -0.05) is 34.6 Å². The average molecular weight is 295 g/mol. The van der Waals surface area contributed by atoms with E-state index < -0.39 is 0 Å². The standard InChI is InChI=1S/C19H38N2/c1-6-19(7-2)10-11-21(14-19)13-15-12-16(18(3,4)5)8-9-17(15)20/h15-17H,6-14,20H2,1-5H3. The van der Waals surface area contributed by atoms with Crippen LogP contribution in [0.25, 0.3) is 0 Å². The predicted molar refractivity (Wildman–Crippen MR) is 92.3 cm³/mol. The van der Waals surface area contributed by atoms with Crippen molar-refractivity contribution in [3.63, 3.8) is 0 Å². The molecular formula is C19H38N2. The third-order valence-corrected chi connectivity index (χ3v) is 6.78. The fourth-order valence-corrected chi connectivity index (χ4v) is 4.63. The quantitative estimate of drug-likeness (QED) is 0.838. The van der Waals surface area contributed by atoms with Gasteiger partial charge >= 0.3 is 0 Å². The van der Waals surface area contributed by atoms with Gasteiger partial charge in [0.2, 0.25) is 0 Å². The van der Waals surface area contributed by atoms with Gasteiger partial charge in [0.1, 0.15) is 0 Å². The fraction of sp³-hybridized carbons (Fsp3) is 1.00. The molecule has 1 saturated heterocycles. The van der Waals surface area contributed by atoms with E-state index in [-0.39, 0.29) is 0 Å². The van der Waals surface area contributed by atoms with Gasteiger partial charge in [-0.2, -0.15) is 0 Å². The normalized spacial score (nSPS) is 34.3. The Morgan fingerprint density at radius 2 is 1.81 bits per heavy atom. The van der Waals surface area contributed by atoms with Crippen molar-refractivity contribution in [3.8, 4) is 0 Å². The van der Waals surface area contributed by atoms with Gasteiger partial charge in [0.15, 0.2) is 0 Å². The van der Waals surface area contributed by atoms with Gasteiger partial charge in [0, 0.05) is 19.1 Å². The summed E-state index contributed by atoms with van der Waals surface area (Å²) in [7, 11) is 0. The lowest BCUT2D eigenvalue weighted by atomic mass is 9.67. The van der Waals surface area contributed by atoms with Crippen LogP contribution in [0.4, 0.5) is 0 Å². The molecule has 3 atom stereocenters. The molecule has 1 heterocycles. The van der Waals surface area contributed by atoms with E-state index >= 15 is 0 Å². The maximum atomic E-state index is 6.47. The molecule has 0 aromatic rings. The summed E-state index contributed by atoms with van der Waals surface area (Å²) in [5.74, 6) is 1.57. The second-order valence-corrected chi connectivity index (χ2v) is 8.99. The molecule has 124 valence electrons. The summed E-state index contributed by atoms with van der Waals surface area (Å²) in [6.07, 6.45) is 7.96. The van der Waals surface area contributed by atoms with Crippen LogP contribution in [0, 0.1) is 22.7 Å². The molecule has 2 fully saturated rings. The summed E-state index contributed by atoms with van der Waals surface area (Å²) < 4.78 is 0. The van der Waals surface area contributed by atoms with Crippen molar-refractivity contribution in [3.05, 3.63) is 0 Å². The van der Waals surface area contributed by atoms with Crippen LogP contribution in [-0.2, 0) is 0 Å². The van der Waals surface area contributed by atoms with E-state index in [0.717, 1.165) is 5.92 Å². The van der Waals surface area contributed by atoms with Crippen molar-refractivity contribution in [2.45, 2.75) is 79.2 Å². The lowest BCUT2D eigenvalue weighted by Gasteiger charge is -2.42. The molecule has 1 aliphatic heterocycles. The minimum Gasteiger partial charge on any atom is -0.327 e. The zero-order valence-electron chi connectivity index (χ0n) is 15.1. The molecule has 0 radical (unpaired) electrons. The van der Waals surface area contributed by atoms with Crippen LogP contribution in [0.2, 0.25) is 0 Å². The molecule has 0 spiro atoms. The SMILES string of the molecule is CCC1(CC)CCN(CC2CC(C(C)(C)C)CCC2N)C1. The number of hydrogen-bond acceptors (Lipinski definition) is 2. The maximum Gasteiger partial charge on any atom is 0.00795 e. The average Bonchev–Trinajstić information content (AvgIpc) is 2.84. The molecule has 3 unspecified atom stereocenters. The van der Waals surface area contributed by atoms with Crippen LogP contribution in [0.3, 0.4) is 0 Å². The van der Waals surface area contributed by atoms with Crippen molar-refractivity contribution in [2.75, 3.05) is 19.6 Å². The fourth-order valence-electron chi connectivity index (χ4n) is 4.63. The van der Waals surface area contributed by atoms with Crippen LogP contribution in [-0.4, -0.2) is 30.6 Å². The number of rotatable bonds is 4. The molecule has 1 aliphatic carbocycles. The second kappa shape index (κ2) is 6.58. The highest BCUT2D eigenvalue weighted by Crippen LogP contribution is 2.42.